The molecule has 8 heteroatoms. The topological polar surface area (TPSA) is 111 Å². The Morgan fingerprint density at radius 2 is 1.82 bits per heavy atom. The number of benzene rings is 3. The van der Waals surface area contributed by atoms with Crippen LogP contribution in [0.5, 0.6) is 0 Å². The first kappa shape index (κ1) is 22.6. The number of imidazole rings is 1. The normalized spacial score (nSPS) is 10.6. The number of aliphatic carboxylic acids is 1. The summed E-state index contributed by atoms with van der Waals surface area (Å²) in [6.07, 6.45) is -0.155. The van der Waals surface area contributed by atoms with Crippen molar-refractivity contribution >= 4 is 34.3 Å². The van der Waals surface area contributed by atoms with E-state index in [0.717, 1.165) is 17.0 Å². The Morgan fingerprint density at radius 1 is 1.09 bits per heavy atom. The van der Waals surface area contributed by atoms with Crippen molar-refractivity contribution in [3.05, 3.63) is 89.7 Å². The molecule has 8 nitrogen and oxygen atoms in total. The molecule has 1 amide bonds. The standard InChI is InChI=1S/C26H23N5O3/c1-30-23-12-9-19(26(34)31(14-13-25(32)33)21-5-3-2-4-6-21)15-22(23)29-24(30)17-28-20-10-7-18(16-27)8-11-20/h2-12,15,28H,13-14,17H2,1H3,(H,32,33). The van der Waals surface area contributed by atoms with Crippen LogP contribution in [0.1, 0.15) is 28.2 Å². The first-order valence-corrected chi connectivity index (χ1v) is 10.7. The lowest BCUT2D eigenvalue weighted by molar-refractivity contribution is -0.136. The summed E-state index contributed by atoms with van der Waals surface area (Å²) in [6.45, 7) is 0.535. The highest BCUT2D eigenvalue weighted by molar-refractivity contribution is 6.07. The fourth-order valence-electron chi connectivity index (χ4n) is 3.70. The summed E-state index contributed by atoms with van der Waals surface area (Å²) in [5, 5.41) is 21.4. The molecule has 0 radical (unpaired) electrons. The number of rotatable bonds is 8. The lowest BCUT2D eigenvalue weighted by Crippen LogP contribution is -2.33. The molecule has 0 bridgehead atoms. The summed E-state index contributed by atoms with van der Waals surface area (Å²) < 4.78 is 1.96. The fourth-order valence-corrected chi connectivity index (χ4v) is 3.70. The molecule has 0 saturated heterocycles. The second-order valence-corrected chi connectivity index (χ2v) is 7.77. The highest BCUT2D eigenvalue weighted by Gasteiger charge is 2.20. The molecule has 0 fully saturated rings. The van der Waals surface area contributed by atoms with Gasteiger partial charge < -0.3 is 19.9 Å². The van der Waals surface area contributed by atoms with Crippen molar-refractivity contribution in [1.82, 2.24) is 9.55 Å². The lowest BCUT2D eigenvalue weighted by atomic mass is 10.1. The van der Waals surface area contributed by atoms with Crippen molar-refractivity contribution in [1.29, 1.82) is 5.26 Å². The molecule has 170 valence electrons. The molecule has 4 rings (SSSR count). The molecule has 0 saturated carbocycles. The third-order valence-corrected chi connectivity index (χ3v) is 5.55. The number of hydrogen-bond acceptors (Lipinski definition) is 5. The Balaban J connectivity index is 1.57. The van der Waals surface area contributed by atoms with Gasteiger partial charge in [0.05, 0.1) is 35.6 Å². The molecular formula is C26H23N5O3. The molecule has 1 aromatic heterocycles. The van der Waals surface area contributed by atoms with E-state index >= 15 is 0 Å². The number of carbonyl (C=O) groups is 2. The number of aryl methyl sites for hydroxylation is 1. The van der Waals surface area contributed by atoms with Gasteiger partial charge in [-0.3, -0.25) is 9.59 Å². The van der Waals surface area contributed by atoms with Gasteiger partial charge in [-0.05, 0) is 54.6 Å². The number of carbonyl (C=O) groups excluding carboxylic acids is 1. The van der Waals surface area contributed by atoms with E-state index in [1.54, 1.807) is 36.4 Å². The minimum absolute atomic E-state index is 0.0677. The zero-order valence-corrected chi connectivity index (χ0v) is 18.6. The minimum atomic E-state index is -0.965. The van der Waals surface area contributed by atoms with Crippen molar-refractivity contribution in [3.8, 4) is 6.07 Å². The number of para-hydroxylation sites is 1. The van der Waals surface area contributed by atoms with E-state index < -0.39 is 5.97 Å². The summed E-state index contributed by atoms with van der Waals surface area (Å²) in [6, 6.07) is 23.6. The van der Waals surface area contributed by atoms with E-state index in [1.165, 1.54) is 4.90 Å². The van der Waals surface area contributed by atoms with Crippen LogP contribution in [0.3, 0.4) is 0 Å². The van der Waals surface area contributed by atoms with Gasteiger partial charge in [0.25, 0.3) is 5.91 Å². The molecule has 4 aromatic rings. The van der Waals surface area contributed by atoms with E-state index in [0.29, 0.717) is 28.9 Å². The average Bonchev–Trinajstić information content (AvgIpc) is 3.18. The number of carboxylic acid groups (broad SMARTS) is 1. The van der Waals surface area contributed by atoms with E-state index in [1.807, 2.05) is 48.0 Å². The molecule has 1 heterocycles. The smallest absolute Gasteiger partial charge is 0.305 e. The van der Waals surface area contributed by atoms with E-state index in [9.17, 15) is 9.59 Å². The first-order chi connectivity index (χ1) is 16.5. The second kappa shape index (κ2) is 9.88. The average molecular weight is 454 g/mol. The van der Waals surface area contributed by atoms with Crippen LogP contribution < -0.4 is 10.2 Å². The molecule has 0 aliphatic heterocycles. The summed E-state index contributed by atoms with van der Waals surface area (Å²) in [7, 11) is 1.91. The predicted molar refractivity (Wildman–Crippen MR) is 130 cm³/mol. The SMILES string of the molecule is Cn1c(CNc2ccc(C#N)cc2)nc2cc(C(=O)N(CCC(=O)O)c3ccccc3)ccc21. The highest BCUT2D eigenvalue weighted by Crippen LogP contribution is 2.22. The Morgan fingerprint density at radius 3 is 2.50 bits per heavy atom. The zero-order chi connectivity index (χ0) is 24.1. The minimum Gasteiger partial charge on any atom is -0.481 e. The maximum absolute atomic E-state index is 13.3. The predicted octanol–water partition coefficient (Wildman–Crippen LogP) is 4.18. The molecule has 0 aliphatic carbocycles. The number of amides is 1. The molecule has 2 N–H and O–H groups in total. The third-order valence-electron chi connectivity index (χ3n) is 5.55. The summed E-state index contributed by atoms with van der Waals surface area (Å²) >= 11 is 0. The van der Waals surface area contributed by atoms with Crippen molar-refractivity contribution in [3.63, 3.8) is 0 Å². The van der Waals surface area contributed by atoms with Crippen LogP contribution in [-0.2, 0) is 18.4 Å². The quantitative estimate of drug-likeness (QED) is 0.414. The molecular weight excluding hydrogens is 430 g/mol. The summed E-state index contributed by atoms with van der Waals surface area (Å²) in [4.78, 5) is 30.6. The summed E-state index contributed by atoms with van der Waals surface area (Å²) in [5.74, 6) is -0.458. The number of carboxylic acids is 1. The Labute approximate surface area is 196 Å². The maximum atomic E-state index is 13.3. The van der Waals surface area contributed by atoms with Crippen molar-refractivity contribution in [2.45, 2.75) is 13.0 Å². The van der Waals surface area contributed by atoms with Gasteiger partial charge in [0, 0.05) is 30.5 Å². The first-order valence-electron chi connectivity index (χ1n) is 10.7. The Kier molecular flexibility index (Phi) is 6.55. The second-order valence-electron chi connectivity index (χ2n) is 7.77. The summed E-state index contributed by atoms with van der Waals surface area (Å²) in [5.41, 5.74) is 4.10. The number of nitrogens with zero attached hydrogens (tertiary/aromatic N) is 4. The fraction of sp³-hybridized carbons (Fsp3) is 0.154. The van der Waals surface area contributed by atoms with Crippen molar-refractivity contribution in [2.24, 2.45) is 7.05 Å². The number of nitrogens with one attached hydrogen (secondary N) is 1. The zero-order valence-electron chi connectivity index (χ0n) is 18.6. The van der Waals surface area contributed by atoms with Crippen LogP contribution in [0.2, 0.25) is 0 Å². The van der Waals surface area contributed by atoms with E-state index in [-0.39, 0.29) is 18.9 Å². The van der Waals surface area contributed by atoms with Gasteiger partial charge >= 0.3 is 5.97 Å². The van der Waals surface area contributed by atoms with Gasteiger partial charge in [-0.1, -0.05) is 18.2 Å². The van der Waals surface area contributed by atoms with E-state index in [4.69, 9.17) is 15.4 Å². The van der Waals surface area contributed by atoms with Crippen LogP contribution in [0.15, 0.2) is 72.8 Å². The number of anilines is 2. The van der Waals surface area contributed by atoms with Gasteiger partial charge in [-0.25, -0.2) is 4.98 Å². The van der Waals surface area contributed by atoms with Crippen LogP contribution in [0.4, 0.5) is 11.4 Å². The number of nitriles is 1. The van der Waals surface area contributed by atoms with Crippen LogP contribution in [-0.4, -0.2) is 33.1 Å². The van der Waals surface area contributed by atoms with Gasteiger partial charge in [0.15, 0.2) is 0 Å². The largest absolute Gasteiger partial charge is 0.481 e. The van der Waals surface area contributed by atoms with Gasteiger partial charge in [-0.2, -0.15) is 5.26 Å². The van der Waals surface area contributed by atoms with Crippen LogP contribution in [0, 0.1) is 11.3 Å². The molecule has 0 atom stereocenters. The Bertz CT molecular complexity index is 1370. The molecule has 0 unspecified atom stereocenters. The third kappa shape index (κ3) is 4.89. The lowest BCUT2D eigenvalue weighted by Gasteiger charge is -2.22. The van der Waals surface area contributed by atoms with Crippen LogP contribution >= 0.6 is 0 Å². The highest BCUT2D eigenvalue weighted by atomic mass is 16.4. The molecule has 3 aromatic carbocycles. The van der Waals surface area contributed by atoms with Crippen molar-refractivity contribution < 1.29 is 14.7 Å². The van der Waals surface area contributed by atoms with Crippen molar-refractivity contribution in [2.75, 3.05) is 16.8 Å². The van der Waals surface area contributed by atoms with Gasteiger partial charge in [0.2, 0.25) is 0 Å². The van der Waals surface area contributed by atoms with E-state index in [2.05, 4.69) is 11.4 Å². The molecule has 0 aliphatic rings. The molecule has 34 heavy (non-hydrogen) atoms. The van der Waals surface area contributed by atoms with Gasteiger partial charge in [0.1, 0.15) is 5.82 Å². The number of fused-ring (bicyclic) bond motifs is 1. The molecule has 0 spiro atoms. The number of aromatic nitrogens is 2. The van der Waals surface area contributed by atoms with Gasteiger partial charge in [-0.15, -0.1) is 0 Å². The van der Waals surface area contributed by atoms with Crippen LogP contribution in [0.25, 0.3) is 11.0 Å². The maximum Gasteiger partial charge on any atom is 0.305 e. The Hall–Kier alpha value is -4.64. The monoisotopic (exact) mass is 453 g/mol. The number of hydrogen-bond donors (Lipinski definition) is 2.